The molecule has 2 saturated heterocycles. The van der Waals surface area contributed by atoms with E-state index in [4.69, 9.17) is 18.9 Å². The molecular formula is C31H58N2O14. The molecule has 0 saturated carbocycles. The van der Waals surface area contributed by atoms with Gasteiger partial charge in [-0.3, -0.25) is 9.59 Å². The Morgan fingerprint density at radius 2 is 0.979 bits per heavy atom. The molecular weight excluding hydrogens is 624 g/mol. The van der Waals surface area contributed by atoms with Crippen molar-refractivity contribution in [1.82, 2.24) is 10.6 Å². The molecule has 276 valence electrons. The molecule has 16 nitrogen and oxygen atoms in total. The second-order valence-electron chi connectivity index (χ2n) is 12.7. The van der Waals surface area contributed by atoms with Crippen LogP contribution in [0.1, 0.15) is 78.1 Å². The van der Waals surface area contributed by atoms with Gasteiger partial charge in [0.05, 0.1) is 31.8 Å². The van der Waals surface area contributed by atoms with Crippen LogP contribution in [0.25, 0.3) is 0 Å². The van der Waals surface area contributed by atoms with E-state index >= 15 is 0 Å². The highest BCUT2D eigenvalue weighted by Gasteiger charge is 2.47. The van der Waals surface area contributed by atoms with Crippen LogP contribution in [0.5, 0.6) is 0 Å². The monoisotopic (exact) mass is 682 g/mol. The number of carbonyl (C=O) groups is 2. The first kappa shape index (κ1) is 41.6. The largest absolute Gasteiger partial charge is 0.394 e. The molecule has 10 N–H and O–H groups in total. The van der Waals surface area contributed by atoms with E-state index in [0.29, 0.717) is 12.8 Å². The summed E-state index contributed by atoms with van der Waals surface area (Å²) in [6.07, 6.45) is -8.22. The summed E-state index contributed by atoms with van der Waals surface area (Å²) < 4.78 is 22.7. The van der Waals surface area contributed by atoms with Crippen molar-refractivity contribution < 1.29 is 69.4 Å². The quantitative estimate of drug-likeness (QED) is 0.0543. The molecule has 0 aromatic heterocycles. The predicted octanol–water partition coefficient (Wildman–Crippen LogP) is -2.22. The summed E-state index contributed by atoms with van der Waals surface area (Å²) in [5, 5.41) is 86.9. The number of unbranched alkanes of at least 4 members (excludes halogenated alkanes) is 6. The van der Waals surface area contributed by atoms with Gasteiger partial charge in [0, 0.05) is 25.9 Å². The molecule has 2 aliphatic heterocycles. The maximum atomic E-state index is 12.8. The van der Waals surface area contributed by atoms with Crippen molar-refractivity contribution in [3.63, 3.8) is 0 Å². The number of aliphatic hydroxyl groups excluding tert-OH is 8. The first-order valence-electron chi connectivity index (χ1n) is 16.8. The van der Waals surface area contributed by atoms with Gasteiger partial charge in [0.15, 0.2) is 12.6 Å². The van der Waals surface area contributed by atoms with E-state index in [1.165, 1.54) is 0 Å². The van der Waals surface area contributed by atoms with Gasteiger partial charge in [0.1, 0.15) is 48.8 Å². The molecule has 0 aromatic rings. The van der Waals surface area contributed by atoms with E-state index < -0.39 is 80.0 Å². The van der Waals surface area contributed by atoms with Crippen LogP contribution in [0.4, 0.5) is 0 Å². The molecule has 2 rings (SSSR count). The molecule has 2 fully saturated rings. The zero-order valence-corrected chi connectivity index (χ0v) is 27.6. The minimum Gasteiger partial charge on any atom is -0.394 e. The third kappa shape index (κ3) is 13.0. The second kappa shape index (κ2) is 21.5. The lowest BCUT2D eigenvalue weighted by Crippen LogP contribution is -2.61. The Bertz CT molecular complexity index is 826. The molecule has 2 amide bonds. The van der Waals surface area contributed by atoms with Gasteiger partial charge in [-0.2, -0.15) is 0 Å². The fraction of sp³-hybridized carbons (Fsp3) is 0.935. The zero-order chi connectivity index (χ0) is 35.0. The predicted molar refractivity (Wildman–Crippen MR) is 165 cm³/mol. The van der Waals surface area contributed by atoms with Crippen LogP contribution in [0.3, 0.4) is 0 Å². The van der Waals surface area contributed by atoms with Gasteiger partial charge in [-0.25, -0.2) is 0 Å². The number of ether oxygens (including phenoxy) is 4. The smallest absolute Gasteiger partial charge is 0.220 e. The van der Waals surface area contributed by atoms with E-state index in [9.17, 15) is 50.4 Å². The van der Waals surface area contributed by atoms with E-state index in [1.54, 1.807) is 0 Å². The van der Waals surface area contributed by atoms with E-state index in [1.807, 2.05) is 0 Å². The van der Waals surface area contributed by atoms with Gasteiger partial charge >= 0.3 is 0 Å². The average Bonchev–Trinajstić information content (AvgIpc) is 3.07. The molecule has 0 spiro atoms. The van der Waals surface area contributed by atoms with Gasteiger partial charge in [0.2, 0.25) is 11.8 Å². The number of rotatable bonds is 22. The van der Waals surface area contributed by atoms with Crippen molar-refractivity contribution in [1.29, 1.82) is 0 Å². The highest BCUT2D eigenvalue weighted by Crippen LogP contribution is 2.28. The molecule has 47 heavy (non-hydrogen) atoms. The zero-order valence-electron chi connectivity index (χ0n) is 27.6. The Morgan fingerprint density at radius 1 is 0.596 bits per heavy atom. The molecule has 2 aliphatic rings. The normalized spacial score (nSPS) is 31.4. The van der Waals surface area contributed by atoms with Crippen LogP contribution in [-0.2, 0) is 28.5 Å². The summed E-state index contributed by atoms with van der Waals surface area (Å²) in [5.41, 5.74) is -1.34. The van der Waals surface area contributed by atoms with Gasteiger partial charge < -0.3 is 70.4 Å². The summed E-state index contributed by atoms with van der Waals surface area (Å²) >= 11 is 0. The first-order chi connectivity index (χ1) is 22.4. The van der Waals surface area contributed by atoms with Gasteiger partial charge in [-0.1, -0.05) is 52.4 Å². The van der Waals surface area contributed by atoms with Gasteiger partial charge in [-0.05, 0) is 12.8 Å². The average molecular weight is 683 g/mol. The molecule has 16 heteroatoms. The van der Waals surface area contributed by atoms with Gasteiger partial charge in [0.25, 0.3) is 0 Å². The minimum atomic E-state index is -1.72. The van der Waals surface area contributed by atoms with Crippen LogP contribution >= 0.6 is 0 Å². The summed E-state index contributed by atoms with van der Waals surface area (Å²) in [5.74, 6) is -0.561. The molecule has 2 heterocycles. The lowest BCUT2D eigenvalue weighted by molar-refractivity contribution is -0.317. The van der Waals surface area contributed by atoms with Crippen molar-refractivity contribution in [3.8, 4) is 0 Å². The lowest BCUT2D eigenvalue weighted by Gasteiger charge is -2.43. The first-order valence-corrected chi connectivity index (χ1v) is 16.8. The van der Waals surface area contributed by atoms with E-state index in [2.05, 4.69) is 24.5 Å². The number of aliphatic hydroxyl groups is 8. The number of hydrogen-bond donors (Lipinski definition) is 10. The molecule has 0 bridgehead atoms. The highest BCUT2D eigenvalue weighted by molar-refractivity contribution is 5.76. The van der Waals surface area contributed by atoms with Crippen LogP contribution in [0, 0.1) is 5.41 Å². The minimum absolute atomic E-state index is 0.148. The van der Waals surface area contributed by atoms with Crippen LogP contribution in [-0.4, -0.2) is 154 Å². The van der Waals surface area contributed by atoms with E-state index in [-0.39, 0.29) is 51.0 Å². The van der Waals surface area contributed by atoms with Crippen molar-refractivity contribution in [3.05, 3.63) is 0 Å². The van der Waals surface area contributed by atoms with Crippen LogP contribution in [0.15, 0.2) is 0 Å². The van der Waals surface area contributed by atoms with Crippen molar-refractivity contribution in [2.24, 2.45) is 5.41 Å². The number of amides is 2. The summed E-state index contributed by atoms with van der Waals surface area (Å²) in [6.45, 7) is 1.67. The Kier molecular flexibility index (Phi) is 19.1. The molecule has 10 atom stereocenters. The second-order valence-corrected chi connectivity index (χ2v) is 12.7. The van der Waals surface area contributed by atoms with E-state index in [0.717, 1.165) is 38.5 Å². The van der Waals surface area contributed by atoms with Gasteiger partial charge in [-0.15, -0.1) is 0 Å². The Hall–Kier alpha value is -1.54. The maximum absolute atomic E-state index is 12.8. The standard InChI is InChI=1S/C31H58N2O14/c1-3-5-7-9-11-21(36)32-15-31(16-33-22(37)12-10-8-6-4-2,17-44-29-27(42)25(40)23(38)19(13-34)46-29)18-45-30-28(43)26(41)24(39)20(14-35)47-30/h19-20,23-30,34-35,38-43H,3-18H2,1-2H3,(H,32,36)(H,33,37)/t19-,20-,23-,24-,25+,26+,27-,28-,29-,30-/m1/s1. The lowest BCUT2D eigenvalue weighted by atomic mass is 9.88. The van der Waals surface area contributed by atoms with Crippen LogP contribution < -0.4 is 10.6 Å². The molecule has 0 radical (unpaired) electrons. The maximum Gasteiger partial charge on any atom is 0.220 e. The molecule has 0 aliphatic carbocycles. The Morgan fingerprint density at radius 3 is 1.32 bits per heavy atom. The summed E-state index contributed by atoms with van der Waals surface area (Å²) in [7, 11) is 0. The SMILES string of the molecule is CCCCCCC(=O)NCC(CNC(=O)CCCCCC)(CO[C@@H]1O[C@H](CO)[C@@H](O)[C@H](O)[C@H]1O)CO[C@@H]1O[C@H](CO)[C@@H](O)[C@H](O)[C@H]1O. The third-order valence-corrected chi connectivity index (χ3v) is 8.64. The number of nitrogens with one attached hydrogen (secondary N) is 2. The fourth-order valence-corrected chi connectivity index (χ4v) is 5.41. The van der Waals surface area contributed by atoms with Crippen LogP contribution in [0.2, 0.25) is 0 Å². The highest BCUT2D eigenvalue weighted by atomic mass is 16.7. The topological polar surface area (TPSA) is 257 Å². The number of hydrogen-bond acceptors (Lipinski definition) is 14. The number of carbonyl (C=O) groups excluding carboxylic acids is 2. The fourth-order valence-electron chi connectivity index (χ4n) is 5.41. The molecule has 0 aromatic carbocycles. The van der Waals surface area contributed by atoms with Crippen molar-refractivity contribution in [2.45, 2.75) is 139 Å². The third-order valence-electron chi connectivity index (χ3n) is 8.64. The van der Waals surface area contributed by atoms with Crippen molar-refractivity contribution in [2.75, 3.05) is 39.5 Å². The Labute approximate surface area is 276 Å². The molecule has 0 unspecified atom stereocenters. The van der Waals surface area contributed by atoms with Crippen molar-refractivity contribution >= 4 is 11.8 Å². The summed E-state index contributed by atoms with van der Waals surface area (Å²) in [6, 6.07) is 0. The summed E-state index contributed by atoms with van der Waals surface area (Å²) in [4.78, 5) is 25.7. The Balaban J connectivity index is 2.31.